The van der Waals surface area contributed by atoms with Crippen molar-refractivity contribution in [1.82, 2.24) is 5.32 Å². The lowest BCUT2D eigenvalue weighted by Crippen LogP contribution is -2.19. The van der Waals surface area contributed by atoms with Gasteiger partial charge in [-0.3, -0.25) is 0 Å². The molecular formula is C14H21NO3S. The Bertz CT molecular complexity index is 473. The molecule has 0 aliphatic carbocycles. The van der Waals surface area contributed by atoms with E-state index >= 15 is 0 Å². The fourth-order valence-electron chi connectivity index (χ4n) is 2.17. The number of rotatable bonds is 7. The van der Waals surface area contributed by atoms with Gasteiger partial charge in [-0.05, 0) is 24.9 Å². The first-order valence-corrected chi connectivity index (χ1v) is 8.54. The minimum absolute atomic E-state index is 0.0841. The third kappa shape index (κ3) is 5.30. The lowest BCUT2D eigenvalue weighted by Gasteiger charge is -2.10. The molecule has 19 heavy (non-hydrogen) atoms. The van der Waals surface area contributed by atoms with Gasteiger partial charge in [0.05, 0.1) is 17.6 Å². The first kappa shape index (κ1) is 14.5. The van der Waals surface area contributed by atoms with Crippen LogP contribution in [0.5, 0.6) is 0 Å². The molecule has 1 fully saturated rings. The SMILES string of the molecule is O=S1(=O)CCC(OCCCNCc2ccccc2)C1. The normalized spacial score (nSPS) is 21.6. The second-order valence-corrected chi connectivity index (χ2v) is 7.14. The third-order valence-corrected chi connectivity index (χ3v) is 4.95. The zero-order valence-electron chi connectivity index (χ0n) is 11.0. The van der Waals surface area contributed by atoms with E-state index in [2.05, 4.69) is 17.4 Å². The lowest BCUT2D eigenvalue weighted by atomic mass is 10.2. The Hall–Kier alpha value is -0.910. The summed E-state index contributed by atoms with van der Waals surface area (Å²) in [4.78, 5) is 0. The summed E-state index contributed by atoms with van der Waals surface area (Å²) in [5.74, 6) is 0.481. The van der Waals surface area contributed by atoms with Crippen molar-refractivity contribution >= 4 is 9.84 Å². The van der Waals surface area contributed by atoms with Crippen LogP contribution in [0.4, 0.5) is 0 Å². The van der Waals surface area contributed by atoms with E-state index in [9.17, 15) is 8.42 Å². The van der Waals surface area contributed by atoms with Gasteiger partial charge in [-0.1, -0.05) is 30.3 Å². The molecule has 1 saturated heterocycles. The van der Waals surface area contributed by atoms with Crippen molar-refractivity contribution < 1.29 is 13.2 Å². The summed E-state index contributed by atoms with van der Waals surface area (Å²) in [7, 11) is -2.82. The van der Waals surface area contributed by atoms with Gasteiger partial charge in [0, 0.05) is 13.2 Å². The Kier molecular flexibility index (Phi) is 5.36. The smallest absolute Gasteiger partial charge is 0.152 e. The first-order chi connectivity index (χ1) is 9.16. The van der Waals surface area contributed by atoms with Gasteiger partial charge in [0.15, 0.2) is 9.84 Å². The van der Waals surface area contributed by atoms with Crippen LogP contribution in [-0.2, 0) is 21.1 Å². The molecule has 0 amide bonds. The monoisotopic (exact) mass is 283 g/mol. The highest BCUT2D eigenvalue weighted by atomic mass is 32.2. The van der Waals surface area contributed by atoms with Crippen LogP contribution in [0.25, 0.3) is 0 Å². The summed E-state index contributed by atoms with van der Waals surface area (Å²) in [5.41, 5.74) is 1.27. The largest absolute Gasteiger partial charge is 0.377 e. The van der Waals surface area contributed by atoms with Crippen LogP contribution < -0.4 is 5.32 Å². The quantitative estimate of drug-likeness (QED) is 0.768. The molecule has 0 spiro atoms. The molecule has 0 radical (unpaired) electrons. The van der Waals surface area contributed by atoms with Crippen LogP contribution in [0.3, 0.4) is 0 Å². The van der Waals surface area contributed by atoms with Crippen molar-refractivity contribution in [2.24, 2.45) is 0 Å². The average Bonchev–Trinajstić information content (AvgIpc) is 2.74. The van der Waals surface area contributed by atoms with Crippen LogP contribution in [0.15, 0.2) is 30.3 Å². The van der Waals surface area contributed by atoms with Gasteiger partial charge in [0.2, 0.25) is 0 Å². The van der Waals surface area contributed by atoms with Gasteiger partial charge in [0.25, 0.3) is 0 Å². The number of nitrogens with one attached hydrogen (secondary N) is 1. The third-order valence-electron chi connectivity index (χ3n) is 3.21. The maximum Gasteiger partial charge on any atom is 0.152 e. The summed E-state index contributed by atoms with van der Waals surface area (Å²) in [6.45, 7) is 2.37. The Morgan fingerprint density at radius 3 is 2.74 bits per heavy atom. The molecule has 5 heteroatoms. The van der Waals surface area contributed by atoms with Crippen molar-refractivity contribution in [1.29, 1.82) is 0 Å². The highest BCUT2D eigenvalue weighted by Crippen LogP contribution is 2.14. The standard InChI is InChI=1S/C14H21NO3S/c16-19(17)10-7-14(12-19)18-9-4-8-15-11-13-5-2-1-3-6-13/h1-3,5-6,14-15H,4,7-12H2. The average molecular weight is 283 g/mol. The van der Waals surface area contributed by atoms with Crippen molar-refractivity contribution in [3.8, 4) is 0 Å². The summed E-state index contributed by atoms with van der Waals surface area (Å²) < 4.78 is 28.1. The van der Waals surface area contributed by atoms with Gasteiger partial charge in [-0.25, -0.2) is 8.42 Å². The molecule has 4 nitrogen and oxygen atoms in total. The van der Waals surface area contributed by atoms with E-state index in [4.69, 9.17) is 4.74 Å². The molecule has 1 aromatic rings. The van der Waals surface area contributed by atoms with Crippen molar-refractivity contribution in [2.75, 3.05) is 24.7 Å². The van der Waals surface area contributed by atoms with Gasteiger partial charge in [0.1, 0.15) is 0 Å². The Morgan fingerprint density at radius 1 is 1.26 bits per heavy atom. The fourth-order valence-corrected chi connectivity index (χ4v) is 3.79. The van der Waals surface area contributed by atoms with Crippen LogP contribution in [0.1, 0.15) is 18.4 Å². The molecule has 1 N–H and O–H groups in total. The molecule has 1 heterocycles. The summed E-state index contributed by atoms with van der Waals surface area (Å²) in [6, 6.07) is 10.2. The molecule has 1 aromatic carbocycles. The van der Waals surface area contributed by atoms with Gasteiger partial charge < -0.3 is 10.1 Å². The van der Waals surface area contributed by atoms with Crippen LogP contribution in [0.2, 0.25) is 0 Å². The van der Waals surface area contributed by atoms with Crippen LogP contribution >= 0.6 is 0 Å². The number of sulfone groups is 1. The zero-order chi connectivity index (χ0) is 13.6. The Balaban J connectivity index is 1.51. The maximum atomic E-state index is 11.2. The predicted octanol–water partition coefficient (Wildman–Crippen LogP) is 1.37. The minimum Gasteiger partial charge on any atom is -0.377 e. The molecule has 1 aliphatic heterocycles. The molecule has 0 saturated carbocycles. The first-order valence-electron chi connectivity index (χ1n) is 6.72. The maximum absolute atomic E-state index is 11.2. The van der Waals surface area contributed by atoms with Crippen molar-refractivity contribution in [3.05, 3.63) is 35.9 Å². The number of hydrogen-bond acceptors (Lipinski definition) is 4. The van der Waals surface area contributed by atoms with Crippen LogP contribution in [0, 0.1) is 0 Å². The van der Waals surface area contributed by atoms with Crippen LogP contribution in [-0.4, -0.2) is 39.2 Å². The minimum atomic E-state index is -2.82. The highest BCUT2D eigenvalue weighted by Gasteiger charge is 2.28. The molecule has 1 atom stereocenters. The van der Waals surface area contributed by atoms with E-state index in [1.807, 2.05) is 18.2 Å². The number of hydrogen-bond donors (Lipinski definition) is 1. The van der Waals surface area contributed by atoms with E-state index in [1.54, 1.807) is 0 Å². The number of benzene rings is 1. The Labute approximate surface area is 115 Å². The molecule has 1 aliphatic rings. The van der Waals surface area contributed by atoms with Crippen molar-refractivity contribution in [2.45, 2.75) is 25.5 Å². The van der Waals surface area contributed by atoms with E-state index in [1.165, 1.54) is 5.56 Å². The predicted molar refractivity (Wildman–Crippen MR) is 75.8 cm³/mol. The van der Waals surface area contributed by atoms with Gasteiger partial charge in [-0.2, -0.15) is 0 Å². The highest BCUT2D eigenvalue weighted by molar-refractivity contribution is 7.91. The van der Waals surface area contributed by atoms with E-state index in [0.29, 0.717) is 13.0 Å². The molecule has 2 rings (SSSR count). The summed E-state index contributed by atoms with van der Waals surface area (Å²) >= 11 is 0. The molecule has 106 valence electrons. The second kappa shape index (κ2) is 7.03. The molecule has 1 unspecified atom stereocenters. The van der Waals surface area contributed by atoms with Crippen molar-refractivity contribution in [3.63, 3.8) is 0 Å². The zero-order valence-corrected chi connectivity index (χ0v) is 11.9. The van der Waals surface area contributed by atoms with E-state index < -0.39 is 9.84 Å². The summed E-state index contributed by atoms with van der Waals surface area (Å²) in [6.07, 6.45) is 1.47. The van der Waals surface area contributed by atoms with Gasteiger partial charge in [-0.15, -0.1) is 0 Å². The molecule has 0 bridgehead atoms. The molecule has 0 aromatic heterocycles. The lowest BCUT2D eigenvalue weighted by molar-refractivity contribution is 0.0693. The molecular weight excluding hydrogens is 262 g/mol. The van der Waals surface area contributed by atoms with Gasteiger partial charge >= 0.3 is 0 Å². The Morgan fingerprint density at radius 2 is 2.05 bits per heavy atom. The number of ether oxygens (including phenoxy) is 1. The topological polar surface area (TPSA) is 55.4 Å². The summed E-state index contributed by atoms with van der Waals surface area (Å²) in [5, 5.41) is 3.35. The van der Waals surface area contributed by atoms with E-state index in [0.717, 1.165) is 19.5 Å². The van der Waals surface area contributed by atoms with E-state index in [-0.39, 0.29) is 17.6 Å². The fraction of sp³-hybridized carbons (Fsp3) is 0.571. The second-order valence-electron chi connectivity index (χ2n) is 4.91.